The van der Waals surface area contributed by atoms with E-state index < -0.39 is 0 Å². The van der Waals surface area contributed by atoms with Gasteiger partial charge in [-0.15, -0.1) is 0 Å². The van der Waals surface area contributed by atoms with Crippen LogP contribution < -0.4 is 21.3 Å². The third kappa shape index (κ3) is 5.87. The monoisotopic (exact) mass is 469 g/mol. The molecule has 2 aliphatic rings. The fourth-order valence-electron chi connectivity index (χ4n) is 4.71. The van der Waals surface area contributed by atoms with Crippen molar-refractivity contribution in [1.82, 2.24) is 10.3 Å². The summed E-state index contributed by atoms with van der Waals surface area (Å²) < 4.78 is 6.36. The Balaban J connectivity index is 1.66. The van der Waals surface area contributed by atoms with Gasteiger partial charge in [-0.3, -0.25) is 9.59 Å². The maximum Gasteiger partial charge on any atom is 0.253 e. The van der Waals surface area contributed by atoms with Gasteiger partial charge in [-0.05, 0) is 82.1 Å². The summed E-state index contributed by atoms with van der Waals surface area (Å²) in [6.07, 6.45) is 11.1. The fourth-order valence-corrected chi connectivity index (χ4v) is 4.92. The van der Waals surface area contributed by atoms with Crippen LogP contribution in [0.2, 0.25) is 5.02 Å². The van der Waals surface area contributed by atoms with E-state index in [4.69, 9.17) is 22.1 Å². The van der Waals surface area contributed by atoms with E-state index in [9.17, 15) is 9.59 Å². The van der Waals surface area contributed by atoms with Gasteiger partial charge in [0.1, 0.15) is 5.75 Å². The lowest BCUT2D eigenvalue weighted by Gasteiger charge is -2.28. The summed E-state index contributed by atoms with van der Waals surface area (Å²) in [5.74, 6) is 0.392. The molecular formula is C26H32ClN3O3. The van der Waals surface area contributed by atoms with Crippen LogP contribution in [-0.4, -0.2) is 23.0 Å². The van der Waals surface area contributed by atoms with Crippen molar-refractivity contribution in [2.45, 2.75) is 77.0 Å². The normalized spacial score (nSPS) is 21.6. The molecule has 1 amide bonds. The standard InChI is InChI=1S/C26H32ClN3O3/c1-16-12-17-6-4-2-3-5-7-21-22(25(31)29-15-23(17)26(32)30-16)13-18(27)14-24(21)33-20-10-8-19(28)9-11-20/h3,5,12-14,19-20H,2,4,6-11,15,28H2,1H3,(H,29,31)(H,30,32). The molecule has 1 aromatic carbocycles. The number of nitrogens with one attached hydrogen (secondary N) is 2. The SMILES string of the molecule is Cc1cc2c(c(=O)[nH]1)CNC(=O)c1cc(Cl)cc(OC3CCC(N)CC3)c1CC=CCCC2. The molecule has 0 saturated heterocycles. The largest absolute Gasteiger partial charge is 0.490 e. The second kappa shape index (κ2) is 10.6. The smallest absolute Gasteiger partial charge is 0.253 e. The first-order valence-corrected chi connectivity index (χ1v) is 12.2. The third-order valence-corrected chi connectivity index (χ3v) is 6.74. The first-order valence-electron chi connectivity index (χ1n) is 11.8. The van der Waals surface area contributed by atoms with Gasteiger partial charge in [0.2, 0.25) is 0 Å². The van der Waals surface area contributed by atoms with E-state index in [1.807, 2.05) is 13.0 Å². The highest BCUT2D eigenvalue weighted by Gasteiger charge is 2.23. The zero-order chi connectivity index (χ0) is 23.4. The van der Waals surface area contributed by atoms with Crippen LogP contribution in [0.3, 0.4) is 0 Å². The van der Waals surface area contributed by atoms with Crippen LogP contribution >= 0.6 is 11.6 Å². The molecule has 1 aliphatic carbocycles. The number of hydrogen-bond acceptors (Lipinski definition) is 4. The van der Waals surface area contributed by atoms with Crippen molar-refractivity contribution >= 4 is 17.5 Å². The average Bonchev–Trinajstić information content (AvgIpc) is 2.78. The Morgan fingerprint density at radius 2 is 1.85 bits per heavy atom. The molecule has 1 aliphatic heterocycles. The van der Waals surface area contributed by atoms with Crippen molar-refractivity contribution in [3.8, 4) is 5.75 Å². The number of rotatable bonds is 2. The number of hydrogen-bond donors (Lipinski definition) is 3. The number of nitrogens with two attached hydrogens (primary N) is 1. The van der Waals surface area contributed by atoms with Crippen molar-refractivity contribution in [1.29, 1.82) is 0 Å². The van der Waals surface area contributed by atoms with Gasteiger partial charge in [-0.2, -0.15) is 0 Å². The molecule has 0 unspecified atom stereocenters. The number of H-pyrrole nitrogens is 1. The minimum Gasteiger partial charge on any atom is -0.490 e. The van der Waals surface area contributed by atoms with Crippen LogP contribution in [-0.2, 0) is 19.4 Å². The van der Waals surface area contributed by atoms with Gasteiger partial charge in [0, 0.05) is 40.0 Å². The maximum absolute atomic E-state index is 13.3. The summed E-state index contributed by atoms with van der Waals surface area (Å²) in [5.41, 5.74) is 9.61. The molecule has 33 heavy (non-hydrogen) atoms. The minimum atomic E-state index is -0.262. The number of halogens is 1. The lowest BCUT2D eigenvalue weighted by molar-refractivity contribution is 0.0948. The summed E-state index contributed by atoms with van der Waals surface area (Å²) in [4.78, 5) is 28.7. The predicted molar refractivity (Wildman–Crippen MR) is 131 cm³/mol. The number of benzene rings is 1. The number of aryl methyl sites for hydroxylation is 2. The van der Waals surface area contributed by atoms with Crippen molar-refractivity contribution in [2.24, 2.45) is 5.73 Å². The number of carbonyl (C=O) groups excluding carboxylic acids is 1. The fraction of sp³-hybridized carbons (Fsp3) is 0.462. The Bertz CT molecular complexity index is 1100. The molecule has 2 heterocycles. The molecule has 6 nitrogen and oxygen atoms in total. The molecule has 2 aromatic rings. The number of allylic oxidation sites excluding steroid dienone is 2. The molecule has 0 spiro atoms. The van der Waals surface area contributed by atoms with Crippen LogP contribution in [0.5, 0.6) is 5.75 Å². The quantitative estimate of drug-likeness (QED) is 0.569. The number of amides is 1. The lowest BCUT2D eigenvalue weighted by Crippen LogP contribution is -2.32. The molecule has 4 N–H and O–H groups in total. The van der Waals surface area contributed by atoms with Gasteiger partial charge in [0.15, 0.2) is 0 Å². The Morgan fingerprint density at radius 1 is 1.06 bits per heavy atom. The Hall–Kier alpha value is -2.57. The molecule has 0 radical (unpaired) electrons. The van der Waals surface area contributed by atoms with E-state index in [1.165, 1.54) is 0 Å². The number of aromatic amines is 1. The van der Waals surface area contributed by atoms with Crippen molar-refractivity contribution in [3.63, 3.8) is 0 Å². The first kappa shape index (κ1) is 23.6. The summed E-state index contributed by atoms with van der Waals surface area (Å²) in [6, 6.07) is 5.72. The third-order valence-electron chi connectivity index (χ3n) is 6.53. The molecule has 7 heteroatoms. The van der Waals surface area contributed by atoms with Gasteiger partial charge >= 0.3 is 0 Å². The summed E-state index contributed by atoms with van der Waals surface area (Å²) >= 11 is 6.41. The molecular weight excluding hydrogens is 438 g/mol. The van der Waals surface area contributed by atoms with Gasteiger partial charge in [-0.1, -0.05) is 23.8 Å². The first-order chi connectivity index (χ1) is 15.9. The Morgan fingerprint density at radius 3 is 2.64 bits per heavy atom. The highest BCUT2D eigenvalue weighted by atomic mass is 35.5. The second-order valence-corrected chi connectivity index (χ2v) is 9.56. The molecule has 1 aromatic heterocycles. The molecule has 0 atom stereocenters. The van der Waals surface area contributed by atoms with Gasteiger partial charge in [0.25, 0.3) is 11.5 Å². The van der Waals surface area contributed by atoms with E-state index in [0.29, 0.717) is 28.3 Å². The van der Waals surface area contributed by atoms with E-state index >= 15 is 0 Å². The van der Waals surface area contributed by atoms with Crippen molar-refractivity contribution in [2.75, 3.05) is 0 Å². The second-order valence-electron chi connectivity index (χ2n) is 9.12. The highest BCUT2D eigenvalue weighted by molar-refractivity contribution is 6.31. The zero-order valence-corrected chi connectivity index (χ0v) is 19.8. The molecule has 0 bridgehead atoms. The van der Waals surface area contributed by atoms with Crippen LogP contribution in [0.15, 0.2) is 35.1 Å². The maximum atomic E-state index is 13.3. The number of aromatic nitrogens is 1. The Labute approximate surface area is 199 Å². The summed E-state index contributed by atoms with van der Waals surface area (Å²) in [6.45, 7) is 2.04. The van der Waals surface area contributed by atoms with Crippen molar-refractivity contribution in [3.05, 3.63) is 73.7 Å². The van der Waals surface area contributed by atoms with Gasteiger partial charge in [0.05, 0.1) is 6.10 Å². The molecule has 4 rings (SSSR count). The van der Waals surface area contributed by atoms with Gasteiger partial charge < -0.3 is 20.8 Å². The summed E-state index contributed by atoms with van der Waals surface area (Å²) in [5, 5.41) is 3.40. The summed E-state index contributed by atoms with van der Waals surface area (Å²) in [7, 11) is 0. The topological polar surface area (TPSA) is 97.2 Å². The number of carbonyl (C=O) groups is 1. The lowest BCUT2D eigenvalue weighted by atomic mass is 9.93. The minimum absolute atomic E-state index is 0.0673. The number of ether oxygens (including phenoxy) is 1. The van der Waals surface area contributed by atoms with Crippen LogP contribution in [0.4, 0.5) is 0 Å². The zero-order valence-electron chi connectivity index (χ0n) is 19.1. The van der Waals surface area contributed by atoms with E-state index in [2.05, 4.69) is 22.5 Å². The van der Waals surface area contributed by atoms with Crippen LogP contribution in [0, 0.1) is 6.92 Å². The number of pyridine rings is 1. The number of fused-ring (bicyclic) bond motifs is 2. The van der Waals surface area contributed by atoms with E-state index in [1.54, 1.807) is 12.1 Å². The Kier molecular flexibility index (Phi) is 7.56. The highest BCUT2D eigenvalue weighted by Crippen LogP contribution is 2.32. The van der Waals surface area contributed by atoms with E-state index in [0.717, 1.165) is 61.8 Å². The van der Waals surface area contributed by atoms with E-state index in [-0.39, 0.29) is 30.2 Å². The average molecular weight is 470 g/mol. The van der Waals surface area contributed by atoms with Gasteiger partial charge in [-0.25, -0.2) is 0 Å². The van der Waals surface area contributed by atoms with Crippen LogP contribution in [0.1, 0.15) is 71.3 Å². The van der Waals surface area contributed by atoms with Crippen molar-refractivity contribution < 1.29 is 9.53 Å². The molecule has 1 saturated carbocycles. The predicted octanol–water partition coefficient (Wildman–Crippen LogP) is 4.35. The van der Waals surface area contributed by atoms with Crippen LogP contribution in [0.25, 0.3) is 0 Å². The molecule has 1 fully saturated rings. The molecule has 176 valence electrons.